The van der Waals surface area contributed by atoms with E-state index < -0.39 is 5.60 Å². The molecular formula is C21H22FNO3. The highest BCUT2D eigenvalue weighted by molar-refractivity contribution is 6.11. The number of nitrogens with one attached hydrogen (secondary N) is 1. The minimum absolute atomic E-state index is 0.277. The van der Waals surface area contributed by atoms with Crippen LogP contribution in [0.3, 0.4) is 0 Å². The van der Waals surface area contributed by atoms with Gasteiger partial charge in [-0.05, 0) is 67.8 Å². The van der Waals surface area contributed by atoms with Crippen LogP contribution in [0.15, 0.2) is 40.8 Å². The number of rotatable bonds is 4. The Morgan fingerprint density at radius 3 is 2.42 bits per heavy atom. The number of benzene rings is 2. The van der Waals surface area contributed by atoms with Gasteiger partial charge in [0, 0.05) is 18.0 Å². The lowest BCUT2D eigenvalue weighted by molar-refractivity contribution is 0.0777. The quantitative estimate of drug-likeness (QED) is 0.730. The third-order valence-corrected chi connectivity index (χ3v) is 4.51. The zero-order valence-corrected chi connectivity index (χ0v) is 15.3. The number of aryl methyl sites for hydroxylation is 1. The van der Waals surface area contributed by atoms with Crippen molar-refractivity contribution in [2.75, 3.05) is 7.05 Å². The molecule has 0 saturated carbocycles. The first-order chi connectivity index (χ1) is 12.3. The Labute approximate surface area is 151 Å². The first-order valence-corrected chi connectivity index (χ1v) is 8.56. The zero-order chi connectivity index (χ0) is 19.1. The summed E-state index contributed by atoms with van der Waals surface area (Å²) in [4.78, 5) is 12.5. The van der Waals surface area contributed by atoms with Crippen LogP contribution in [0, 0.1) is 5.82 Å². The maximum atomic E-state index is 13.3. The fourth-order valence-electron chi connectivity index (χ4n) is 3.20. The highest BCUT2D eigenvalue weighted by atomic mass is 19.1. The number of fused-ring (bicyclic) bond motifs is 1. The minimum atomic E-state index is -1.03. The van der Waals surface area contributed by atoms with Gasteiger partial charge in [0.15, 0.2) is 0 Å². The monoisotopic (exact) mass is 355 g/mol. The Bertz CT molecular complexity index is 966. The van der Waals surface area contributed by atoms with Gasteiger partial charge in [0.1, 0.15) is 17.2 Å². The fraction of sp³-hybridized carbons (Fsp3) is 0.286. The molecule has 0 fully saturated rings. The van der Waals surface area contributed by atoms with E-state index in [1.54, 1.807) is 39.1 Å². The van der Waals surface area contributed by atoms with Gasteiger partial charge in [0.2, 0.25) is 0 Å². The summed E-state index contributed by atoms with van der Waals surface area (Å²) >= 11 is 0. The summed E-state index contributed by atoms with van der Waals surface area (Å²) in [7, 11) is 1.56. The Kier molecular flexibility index (Phi) is 4.59. The van der Waals surface area contributed by atoms with E-state index in [1.807, 2.05) is 13.0 Å². The molecule has 3 aromatic rings. The highest BCUT2D eigenvalue weighted by Gasteiger charge is 2.26. The maximum absolute atomic E-state index is 13.3. The van der Waals surface area contributed by atoms with E-state index in [1.165, 1.54) is 12.1 Å². The van der Waals surface area contributed by atoms with Crippen LogP contribution >= 0.6 is 0 Å². The van der Waals surface area contributed by atoms with Gasteiger partial charge in [-0.25, -0.2) is 4.39 Å². The van der Waals surface area contributed by atoms with E-state index in [9.17, 15) is 14.3 Å². The summed E-state index contributed by atoms with van der Waals surface area (Å²) < 4.78 is 19.3. The molecule has 1 aromatic heterocycles. The van der Waals surface area contributed by atoms with Crippen molar-refractivity contribution in [2.24, 2.45) is 0 Å². The molecule has 1 amide bonds. The highest BCUT2D eigenvalue weighted by Crippen LogP contribution is 2.37. The van der Waals surface area contributed by atoms with E-state index >= 15 is 0 Å². The SMILES string of the molecule is CCc1cc2c(C(=O)NC)c(-c3ccc(F)cc3)oc2cc1C(C)(C)O. The molecular weight excluding hydrogens is 333 g/mol. The molecule has 0 bridgehead atoms. The lowest BCUT2D eigenvalue weighted by Gasteiger charge is -2.21. The first kappa shape index (κ1) is 18.1. The maximum Gasteiger partial charge on any atom is 0.255 e. The molecule has 0 aliphatic carbocycles. The van der Waals surface area contributed by atoms with E-state index in [-0.39, 0.29) is 11.7 Å². The van der Waals surface area contributed by atoms with Crippen LogP contribution in [0.4, 0.5) is 4.39 Å². The van der Waals surface area contributed by atoms with Gasteiger partial charge in [0.05, 0.1) is 11.2 Å². The second-order valence-corrected chi connectivity index (χ2v) is 6.81. The molecule has 3 rings (SSSR count). The van der Waals surface area contributed by atoms with Crippen molar-refractivity contribution < 1.29 is 18.7 Å². The number of carbonyl (C=O) groups excluding carboxylic acids is 1. The molecule has 0 radical (unpaired) electrons. The third kappa shape index (κ3) is 3.10. The predicted octanol–water partition coefficient (Wildman–Crippen LogP) is 4.39. The molecule has 5 heteroatoms. The van der Waals surface area contributed by atoms with E-state index in [2.05, 4.69) is 5.32 Å². The number of carbonyl (C=O) groups is 1. The average molecular weight is 355 g/mol. The summed E-state index contributed by atoms with van der Waals surface area (Å²) in [5, 5.41) is 13.8. The van der Waals surface area contributed by atoms with Crippen LogP contribution < -0.4 is 5.32 Å². The molecule has 0 spiro atoms. The molecule has 0 atom stereocenters. The van der Waals surface area contributed by atoms with Crippen LogP contribution in [-0.2, 0) is 12.0 Å². The third-order valence-electron chi connectivity index (χ3n) is 4.51. The Hall–Kier alpha value is -2.66. The van der Waals surface area contributed by atoms with Gasteiger partial charge in [-0.2, -0.15) is 0 Å². The second kappa shape index (κ2) is 6.57. The largest absolute Gasteiger partial charge is 0.455 e. The molecule has 2 N–H and O–H groups in total. The Morgan fingerprint density at radius 2 is 1.88 bits per heavy atom. The smallest absolute Gasteiger partial charge is 0.255 e. The molecule has 0 saturated heterocycles. The Balaban J connectivity index is 2.34. The van der Waals surface area contributed by atoms with Crippen molar-refractivity contribution in [3.63, 3.8) is 0 Å². The average Bonchev–Trinajstić information content (AvgIpc) is 2.98. The standard InChI is InChI=1S/C21H22FNO3/c1-5-12-10-15-17(11-16(12)21(2,3)25)26-19(18(15)20(24)23-4)13-6-8-14(22)9-7-13/h6-11,25H,5H2,1-4H3,(H,23,24). The summed E-state index contributed by atoms with van der Waals surface area (Å²) in [5.74, 6) is -0.251. The van der Waals surface area contributed by atoms with Crippen molar-refractivity contribution >= 4 is 16.9 Å². The second-order valence-electron chi connectivity index (χ2n) is 6.81. The van der Waals surface area contributed by atoms with Crippen LogP contribution in [0.2, 0.25) is 0 Å². The Morgan fingerprint density at radius 1 is 1.23 bits per heavy atom. The normalized spacial score (nSPS) is 11.8. The van der Waals surface area contributed by atoms with Crippen LogP contribution in [0.5, 0.6) is 0 Å². The lowest BCUT2D eigenvalue weighted by atomic mass is 9.90. The van der Waals surface area contributed by atoms with Gasteiger partial charge >= 0.3 is 0 Å². The van der Waals surface area contributed by atoms with Crippen molar-refractivity contribution in [1.29, 1.82) is 0 Å². The number of hydrogen-bond donors (Lipinski definition) is 2. The first-order valence-electron chi connectivity index (χ1n) is 8.56. The zero-order valence-electron chi connectivity index (χ0n) is 15.3. The molecule has 26 heavy (non-hydrogen) atoms. The minimum Gasteiger partial charge on any atom is -0.455 e. The lowest BCUT2D eigenvalue weighted by Crippen LogP contribution is -2.19. The molecule has 2 aromatic carbocycles. The van der Waals surface area contributed by atoms with Gasteiger partial charge in [-0.3, -0.25) is 4.79 Å². The number of aliphatic hydroxyl groups is 1. The molecule has 4 nitrogen and oxygen atoms in total. The number of amides is 1. The van der Waals surface area contributed by atoms with Crippen LogP contribution in [0.1, 0.15) is 42.3 Å². The van der Waals surface area contributed by atoms with Crippen molar-refractivity contribution in [3.8, 4) is 11.3 Å². The van der Waals surface area contributed by atoms with Gasteiger partial charge in [-0.15, -0.1) is 0 Å². The van der Waals surface area contributed by atoms with E-state index in [0.717, 1.165) is 11.1 Å². The molecule has 0 aliphatic rings. The molecule has 0 aliphatic heterocycles. The number of hydrogen-bond acceptors (Lipinski definition) is 3. The van der Waals surface area contributed by atoms with E-state index in [0.29, 0.717) is 34.3 Å². The molecule has 1 heterocycles. The topological polar surface area (TPSA) is 62.5 Å². The van der Waals surface area contributed by atoms with Gasteiger partial charge in [-0.1, -0.05) is 6.92 Å². The molecule has 136 valence electrons. The van der Waals surface area contributed by atoms with Crippen LogP contribution in [-0.4, -0.2) is 18.1 Å². The molecule has 0 unspecified atom stereocenters. The van der Waals surface area contributed by atoms with Gasteiger partial charge < -0.3 is 14.8 Å². The van der Waals surface area contributed by atoms with E-state index in [4.69, 9.17) is 4.42 Å². The van der Waals surface area contributed by atoms with Gasteiger partial charge in [0.25, 0.3) is 5.91 Å². The fourth-order valence-corrected chi connectivity index (χ4v) is 3.20. The van der Waals surface area contributed by atoms with Crippen molar-refractivity contribution in [2.45, 2.75) is 32.8 Å². The van der Waals surface area contributed by atoms with Crippen molar-refractivity contribution in [1.82, 2.24) is 5.32 Å². The predicted molar refractivity (Wildman–Crippen MR) is 99.6 cm³/mol. The summed E-state index contributed by atoms with van der Waals surface area (Å²) in [6.07, 6.45) is 0.708. The summed E-state index contributed by atoms with van der Waals surface area (Å²) in [5.41, 5.74) is 2.21. The summed E-state index contributed by atoms with van der Waals surface area (Å²) in [6.45, 7) is 5.44. The number of halogens is 1. The number of furan rings is 1. The summed E-state index contributed by atoms with van der Waals surface area (Å²) in [6, 6.07) is 9.50. The van der Waals surface area contributed by atoms with Crippen molar-refractivity contribution in [3.05, 3.63) is 58.9 Å². The van der Waals surface area contributed by atoms with Crippen LogP contribution in [0.25, 0.3) is 22.3 Å².